The van der Waals surface area contributed by atoms with Gasteiger partial charge in [-0.25, -0.2) is 0 Å². The molecule has 0 radical (unpaired) electrons. The fraction of sp³-hybridized carbons (Fsp3) is 0.481. The number of fused-ring (bicyclic) bond motifs is 1. The lowest BCUT2D eigenvalue weighted by Gasteiger charge is -2.44. The first kappa shape index (κ1) is 24.4. The van der Waals surface area contributed by atoms with Gasteiger partial charge in [-0.3, -0.25) is 4.79 Å². The summed E-state index contributed by atoms with van der Waals surface area (Å²) in [5.41, 5.74) is 3.86. The van der Waals surface area contributed by atoms with E-state index in [-0.39, 0.29) is 36.1 Å². The summed E-state index contributed by atoms with van der Waals surface area (Å²) in [6.45, 7) is 8.31. The Hall–Kier alpha value is -2.75. The van der Waals surface area contributed by atoms with Crippen molar-refractivity contribution in [2.75, 3.05) is 11.9 Å². The molecule has 1 saturated heterocycles. The molecule has 4 rings (SSSR count). The second-order valence-corrected chi connectivity index (χ2v) is 9.68. The van der Waals surface area contributed by atoms with Gasteiger partial charge in [0.25, 0.3) is 0 Å². The second kappa shape index (κ2) is 10.2. The van der Waals surface area contributed by atoms with Gasteiger partial charge < -0.3 is 19.5 Å². The molecule has 0 aliphatic carbocycles. The van der Waals surface area contributed by atoms with Crippen LogP contribution in [0.2, 0.25) is 5.02 Å². The molecule has 2 heterocycles. The van der Waals surface area contributed by atoms with Crippen LogP contribution in [0.1, 0.15) is 56.9 Å². The van der Waals surface area contributed by atoms with E-state index in [4.69, 9.17) is 31.1 Å². The normalized spacial score (nSPS) is 28.1. The van der Waals surface area contributed by atoms with Crippen molar-refractivity contribution < 1.29 is 19.0 Å². The average molecular weight is 483 g/mol. The number of esters is 1. The van der Waals surface area contributed by atoms with E-state index in [1.807, 2.05) is 30.3 Å². The number of halogens is 1. The number of benzene rings is 2. The van der Waals surface area contributed by atoms with E-state index < -0.39 is 6.10 Å². The molecule has 1 fully saturated rings. The lowest BCUT2D eigenvalue weighted by Crippen LogP contribution is -2.46. The van der Waals surface area contributed by atoms with Gasteiger partial charge in [-0.05, 0) is 53.6 Å². The third-order valence-corrected chi connectivity index (χ3v) is 7.35. The lowest BCUT2D eigenvalue weighted by molar-refractivity contribution is -0.196. The number of rotatable bonds is 5. The number of nitriles is 1. The van der Waals surface area contributed by atoms with Crippen molar-refractivity contribution in [3.05, 3.63) is 58.1 Å². The van der Waals surface area contributed by atoms with Gasteiger partial charge in [0.05, 0.1) is 18.3 Å². The van der Waals surface area contributed by atoms with Crippen molar-refractivity contribution >= 4 is 23.3 Å². The Morgan fingerprint density at radius 3 is 2.74 bits per heavy atom. The largest absolute Gasteiger partial charge is 0.472 e. The van der Waals surface area contributed by atoms with E-state index in [2.05, 4.69) is 38.2 Å². The summed E-state index contributed by atoms with van der Waals surface area (Å²) < 4.78 is 17.9. The quantitative estimate of drug-likeness (QED) is 0.552. The Balaban J connectivity index is 1.61. The molecule has 0 aromatic heterocycles. The van der Waals surface area contributed by atoms with Crippen LogP contribution in [-0.4, -0.2) is 30.8 Å². The summed E-state index contributed by atoms with van der Waals surface area (Å²) >= 11 is 6.59. The Morgan fingerprint density at radius 2 is 2.03 bits per heavy atom. The highest BCUT2D eigenvalue weighted by Crippen LogP contribution is 2.42. The van der Waals surface area contributed by atoms with Crippen molar-refractivity contribution in [3.63, 3.8) is 0 Å². The van der Waals surface area contributed by atoms with Crippen molar-refractivity contribution in [1.82, 2.24) is 0 Å². The van der Waals surface area contributed by atoms with Gasteiger partial charge >= 0.3 is 5.97 Å². The van der Waals surface area contributed by atoms with E-state index in [1.54, 1.807) is 0 Å². The number of carbonyl (C=O) groups is 1. The zero-order valence-electron chi connectivity index (χ0n) is 20.0. The molecular weight excluding hydrogens is 452 g/mol. The van der Waals surface area contributed by atoms with Gasteiger partial charge in [0.15, 0.2) is 0 Å². The topological polar surface area (TPSA) is 80.6 Å². The van der Waals surface area contributed by atoms with Gasteiger partial charge in [0.1, 0.15) is 24.0 Å². The highest BCUT2D eigenvalue weighted by Gasteiger charge is 2.43. The van der Waals surface area contributed by atoms with Crippen LogP contribution in [0, 0.1) is 23.2 Å². The Bertz CT molecular complexity index is 1100. The van der Waals surface area contributed by atoms with Crippen molar-refractivity contribution in [2.24, 2.45) is 11.8 Å². The molecule has 6 nitrogen and oxygen atoms in total. The van der Waals surface area contributed by atoms with E-state index in [0.29, 0.717) is 23.7 Å². The molecule has 0 amide bonds. The van der Waals surface area contributed by atoms with Crippen LogP contribution in [0.4, 0.5) is 5.69 Å². The molecule has 6 atom stereocenters. The van der Waals surface area contributed by atoms with E-state index in [0.717, 1.165) is 28.8 Å². The van der Waals surface area contributed by atoms with Crippen molar-refractivity contribution in [3.8, 4) is 11.8 Å². The zero-order valence-corrected chi connectivity index (χ0v) is 20.8. The number of ether oxygens (including phenoxy) is 3. The van der Waals surface area contributed by atoms with Crippen LogP contribution in [-0.2, 0) is 20.7 Å². The van der Waals surface area contributed by atoms with Crippen LogP contribution in [0.3, 0.4) is 0 Å². The highest BCUT2D eigenvalue weighted by atomic mass is 35.5. The lowest BCUT2D eigenvalue weighted by atomic mass is 9.78. The molecule has 2 aliphatic heterocycles. The van der Waals surface area contributed by atoms with Gasteiger partial charge in [-0.1, -0.05) is 50.6 Å². The van der Waals surface area contributed by atoms with Gasteiger partial charge in [-0.2, -0.15) is 5.26 Å². The number of carbonyl (C=O) groups excluding carboxylic acids is 1. The summed E-state index contributed by atoms with van der Waals surface area (Å²) in [4.78, 5) is 11.9. The third kappa shape index (κ3) is 5.01. The maximum absolute atomic E-state index is 11.9. The Labute approximate surface area is 206 Å². The molecular formula is C27H31ClN2O4. The van der Waals surface area contributed by atoms with E-state index >= 15 is 0 Å². The van der Waals surface area contributed by atoms with Gasteiger partial charge in [0.2, 0.25) is 6.10 Å². The Kier molecular flexibility index (Phi) is 7.35. The molecule has 0 saturated carbocycles. The number of hydrogen-bond donors (Lipinski definition) is 1. The van der Waals surface area contributed by atoms with E-state index in [9.17, 15) is 4.79 Å². The third-order valence-electron chi connectivity index (χ3n) is 6.99. The van der Waals surface area contributed by atoms with Crippen LogP contribution in [0.15, 0.2) is 36.4 Å². The number of anilines is 1. The highest BCUT2D eigenvalue weighted by molar-refractivity contribution is 6.31. The van der Waals surface area contributed by atoms with Crippen LogP contribution in [0.25, 0.3) is 0 Å². The summed E-state index contributed by atoms with van der Waals surface area (Å²) in [5.74, 6) is 0.818. The molecule has 7 heteroatoms. The zero-order chi connectivity index (χ0) is 24.4. The minimum atomic E-state index is -0.484. The van der Waals surface area contributed by atoms with Gasteiger partial charge in [0, 0.05) is 17.9 Å². The fourth-order valence-electron chi connectivity index (χ4n) is 4.92. The summed E-state index contributed by atoms with van der Waals surface area (Å²) in [7, 11) is 0. The van der Waals surface area contributed by atoms with Crippen LogP contribution in [0.5, 0.6) is 5.75 Å². The smallest absolute Gasteiger partial charge is 0.303 e. The van der Waals surface area contributed by atoms with Crippen LogP contribution >= 0.6 is 11.6 Å². The molecule has 0 spiro atoms. The number of nitrogens with zero attached hydrogens (tertiary/aromatic N) is 1. The standard InChI is InChI=1S/C27H31ClN2O4/c1-5-24-15(2)16(3)26(32-17(4)31)27(34-24)19-7-8-22(28)20(12-19)10-18-6-9-25-23(11-18)30-14-21(13-29)33-25/h6-9,11-12,15-16,21,24,26-27,30H,5,10,14H2,1-4H3/t15?,16-,21?,24+,26+,27-/m0/s1. The maximum atomic E-state index is 11.9. The average Bonchev–Trinajstić information content (AvgIpc) is 2.83. The molecule has 2 aliphatic rings. The molecule has 2 unspecified atom stereocenters. The fourth-order valence-corrected chi connectivity index (χ4v) is 5.11. The second-order valence-electron chi connectivity index (χ2n) is 9.27. The van der Waals surface area contributed by atoms with Crippen molar-refractivity contribution in [2.45, 2.75) is 65.0 Å². The van der Waals surface area contributed by atoms with Crippen molar-refractivity contribution in [1.29, 1.82) is 5.26 Å². The first-order valence-corrected chi connectivity index (χ1v) is 12.2. The summed E-state index contributed by atoms with van der Waals surface area (Å²) in [5, 5.41) is 13.0. The predicted molar refractivity (Wildman–Crippen MR) is 131 cm³/mol. The first-order valence-electron chi connectivity index (χ1n) is 11.8. The van der Waals surface area contributed by atoms with Gasteiger partial charge in [-0.15, -0.1) is 0 Å². The monoisotopic (exact) mass is 482 g/mol. The molecule has 34 heavy (non-hydrogen) atoms. The minimum absolute atomic E-state index is 0.0925. The molecule has 0 bridgehead atoms. The Morgan fingerprint density at radius 1 is 1.24 bits per heavy atom. The molecule has 180 valence electrons. The maximum Gasteiger partial charge on any atom is 0.303 e. The van der Waals surface area contributed by atoms with Crippen LogP contribution < -0.4 is 10.1 Å². The predicted octanol–water partition coefficient (Wildman–Crippen LogP) is 5.68. The number of hydrogen-bond acceptors (Lipinski definition) is 6. The molecule has 2 aromatic rings. The minimum Gasteiger partial charge on any atom is -0.472 e. The number of nitrogens with one attached hydrogen (secondary N) is 1. The summed E-state index contributed by atoms with van der Waals surface area (Å²) in [6.07, 6.45) is 0.418. The SMILES string of the molecule is CC[C@H]1O[C@@H](c2ccc(Cl)c(Cc3ccc4c(c3)NCC(C#N)O4)c2)[C@H](OC(C)=O)[C@@H](C)C1C. The molecule has 1 N–H and O–H groups in total. The first-order chi connectivity index (χ1) is 16.3. The summed E-state index contributed by atoms with van der Waals surface area (Å²) in [6, 6.07) is 13.9. The van der Waals surface area contributed by atoms with E-state index in [1.165, 1.54) is 6.92 Å². The molecule has 2 aromatic carbocycles.